The molecule has 7 heteroatoms. The van der Waals surface area contributed by atoms with E-state index in [0.717, 1.165) is 70.3 Å². The number of hydrogen-bond donors (Lipinski definition) is 1. The van der Waals surface area contributed by atoms with Crippen LogP contribution in [0.15, 0.2) is 11.1 Å². The Morgan fingerprint density at radius 1 is 1.32 bits per heavy atom. The Morgan fingerprint density at radius 3 is 2.84 bits per heavy atom. The second-order valence-electron chi connectivity index (χ2n) is 6.88. The van der Waals surface area contributed by atoms with Crippen molar-refractivity contribution >= 4 is 5.96 Å². The van der Waals surface area contributed by atoms with Gasteiger partial charge in [-0.2, -0.15) is 5.10 Å². The molecule has 2 saturated heterocycles. The maximum absolute atomic E-state index is 5.92. The average molecular weight is 349 g/mol. The molecule has 2 fully saturated rings. The van der Waals surface area contributed by atoms with Gasteiger partial charge in [-0.05, 0) is 39.2 Å². The molecule has 0 aromatic carbocycles. The van der Waals surface area contributed by atoms with Crippen molar-refractivity contribution < 1.29 is 9.47 Å². The molecule has 0 aliphatic carbocycles. The Labute approximate surface area is 150 Å². The predicted molar refractivity (Wildman–Crippen MR) is 98.0 cm³/mol. The molecule has 2 aliphatic rings. The quantitative estimate of drug-likeness (QED) is 0.494. The van der Waals surface area contributed by atoms with Gasteiger partial charge in [0.2, 0.25) is 0 Å². The van der Waals surface area contributed by atoms with Gasteiger partial charge in [-0.1, -0.05) is 0 Å². The van der Waals surface area contributed by atoms with E-state index >= 15 is 0 Å². The summed E-state index contributed by atoms with van der Waals surface area (Å²) in [5, 5.41) is 7.99. The fourth-order valence-corrected chi connectivity index (χ4v) is 3.65. The first-order chi connectivity index (χ1) is 12.2. The first-order valence-corrected chi connectivity index (χ1v) is 9.37. The van der Waals surface area contributed by atoms with E-state index < -0.39 is 0 Å². The molecule has 0 bridgehead atoms. The van der Waals surface area contributed by atoms with Crippen LogP contribution in [0.5, 0.6) is 0 Å². The summed E-state index contributed by atoms with van der Waals surface area (Å²) in [5.41, 5.74) is 2.30. The van der Waals surface area contributed by atoms with Crippen molar-refractivity contribution in [3.05, 3.63) is 17.5 Å². The molecule has 1 N–H and O–H groups in total. The third kappa shape index (κ3) is 4.73. The van der Waals surface area contributed by atoms with Crippen LogP contribution in [0.4, 0.5) is 0 Å². The highest BCUT2D eigenvalue weighted by Gasteiger charge is 2.32. The number of nitrogens with one attached hydrogen (secondary N) is 1. The van der Waals surface area contributed by atoms with Gasteiger partial charge in [-0.15, -0.1) is 0 Å². The Balaban J connectivity index is 1.44. The highest BCUT2D eigenvalue weighted by molar-refractivity contribution is 5.80. The van der Waals surface area contributed by atoms with Crippen molar-refractivity contribution in [1.82, 2.24) is 20.0 Å². The van der Waals surface area contributed by atoms with Gasteiger partial charge < -0.3 is 19.7 Å². The maximum Gasteiger partial charge on any atom is 0.193 e. The van der Waals surface area contributed by atoms with Crippen LogP contribution in [0.25, 0.3) is 0 Å². The number of aliphatic imine (C=N–C) groups is 1. The van der Waals surface area contributed by atoms with Crippen molar-refractivity contribution in [3.63, 3.8) is 0 Å². The molecule has 2 atom stereocenters. The number of guanidine groups is 1. The van der Waals surface area contributed by atoms with Crippen LogP contribution in [0.1, 0.15) is 30.7 Å². The SMILES string of the molecule is CN=C(NCCCn1nc(C)cc1C)N1CCOC(C2CCCO2)C1. The molecule has 1 aromatic heterocycles. The standard InChI is InChI=1S/C18H31N5O2/c1-14-12-15(2)23(21-14)8-5-7-20-18(19-3)22-9-11-25-17(13-22)16-6-4-10-24-16/h12,16-17H,4-11,13H2,1-3H3,(H,19,20). The average Bonchev–Trinajstić information content (AvgIpc) is 3.25. The molecule has 0 amide bonds. The number of ether oxygens (including phenoxy) is 2. The molecule has 7 nitrogen and oxygen atoms in total. The lowest BCUT2D eigenvalue weighted by Crippen LogP contribution is -2.53. The highest BCUT2D eigenvalue weighted by Crippen LogP contribution is 2.21. The second kappa shape index (κ2) is 8.67. The summed E-state index contributed by atoms with van der Waals surface area (Å²) in [5.74, 6) is 0.958. The minimum absolute atomic E-state index is 0.157. The van der Waals surface area contributed by atoms with Crippen molar-refractivity contribution in [1.29, 1.82) is 0 Å². The molecular formula is C18H31N5O2. The fraction of sp³-hybridized carbons (Fsp3) is 0.778. The van der Waals surface area contributed by atoms with E-state index in [4.69, 9.17) is 9.47 Å². The second-order valence-corrected chi connectivity index (χ2v) is 6.88. The first-order valence-electron chi connectivity index (χ1n) is 9.37. The zero-order chi connectivity index (χ0) is 17.6. The van der Waals surface area contributed by atoms with E-state index in [1.54, 1.807) is 0 Å². The lowest BCUT2D eigenvalue weighted by molar-refractivity contribution is -0.0816. The molecule has 140 valence electrons. The van der Waals surface area contributed by atoms with Crippen LogP contribution in [0.2, 0.25) is 0 Å². The van der Waals surface area contributed by atoms with Gasteiger partial charge in [0.05, 0.1) is 18.4 Å². The highest BCUT2D eigenvalue weighted by atomic mass is 16.5. The minimum atomic E-state index is 0.157. The minimum Gasteiger partial charge on any atom is -0.375 e. The Morgan fingerprint density at radius 2 is 2.16 bits per heavy atom. The number of rotatable bonds is 5. The van der Waals surface area contributed by atoms with Crippen LogP contribution in [-0.4, -0.2) is 72.7 Å². The normalized spacial score (nSPS) is 24.8. The van der Waals surface area contributed by atoms with Gasteiger partial charge in [0, 0.05) is 45.5 Å². The molecule has 25 heavy (non-hydrogen) atoms. The molecule has 3 heterocycles. The molecule has 0 spiro atoms. The van der Waals surface area contributed by atoms with Crippen LogP contribution in [-0.2, 0) is 16.0 Å². The summed E-state index contributed by atoms with van der Waals surface area (Å²) in [6.07, 6.45) is 3.66. The number of nitrogens with zero attached hydrogens (tertiary/aromatic N) is 4. The molecule has 2 unspecified atom stereocenters. The molecule has 3 rings (SSSR count). The smallest absolute Gasteiger partial charge is 0.193 e. The van der Waals surface area contributed by atoms with E-state index in [0.29, 0.717) is 0 Å². The van der Waals surface area contributed by atoms with E-state index in [1.807, 2.05) is 14.0 Å². The van der Waals surface area contributed by atoms with Gasteiger partial charge in [0.1, 0.15) is 6.10 Å². The third-order valence-electron chi connectivity index (χ3n) is 4.92. The molecule has 0 radical (unpaired) electrons. The van der Waals surface area contributed by atoms with E-state index in [-0.39, 0.29) is 12.2 Å². The van der Waals surface area contributed by atoms with Crippen LogP contribution in [0, 0.1) is 13.8 Å². The Hall–Kier alpha value is -1.60. The van der Waals surface area contributed by atoms with E-state index in [1.165, 1.54) is 5.69 Å². The number of aromatic nitrogens is 2. The summed E-state index contributed by atoms with van der Waals surface area (Å²) in [7, 11) is 1.85. The molecule has 1 aromatic rings. The number of aryl methyl sites for hydroxylation is 3. The Kier molecular flexibility index (Phi) is 6.31. The van der Waals surface area contributed by atoms with Crippen molar-refractivity contribution in [2.24, 2.45) is 4.99 Å². The van der Waals surface area contributed by atoms with Gasteiger partial charge >= 0.3 is 0 Å². The van der Waals surface area contributed by atoms with Crippen LogP contribution < -0.4 is 5.32 Å². The third-order valence-corrected chi connectivity index (χ3v) is 4.92. The van der Waals surface area contributed by atoms with Crippen LogP contribution >= 0.6 is 0 Å². The number of hydrogen-bond acceptors (Lipinski definition) is 4. The number of morpholine rings is 1. The summed E-state index contributed by atoms with van der Waals surface area (Å²) >= 11 is 0. The van der Waals surface area contributed by atoms with E-state index in [2.05, 4.69) is 38.0 Å². The largest absolute Gasteiger partial charge is 0.375 e. The topological polar surface area (TPSA) is 63.9 Å². The van der Waals surface area contributed by atoms with E-state index in [9.17, 15) is 0 Å². The molecular weight excluding hydrogens is 318 g/mol. The van der Waals surface area contributed by atoms with Crippen molar-refractivity contribution in [3.8, 4) is 0 Å². The molecule has 0 saturated carbocycles. The van der Waals surface area contributed by atoms with Crippen molar-refractivity contribution in [2.45, 2.75) is 51.9 Å². The van der Waals surface area contributed by atoms with Gasteiger partial charge in [-0.25, -0.2) is 0 Å². The van der Waals surface area contributed by atoms with Gasteiger partial charge in [0.15, 0.2) is 5.96 Å². The summed E-state index contributed by atoms with van der Waals surface area (Å²) < 4.78 is 13.8. The van der Waals surface area contributed by atoms with Crippen molar-refractivity contribution in [2.75, 3.05) is 39.9 Å². The summed E-state index contributed by atoms with van der Waals surface area (Å²) in [4.78, 5) is 6.74. The monoisotopic (exact) mass is 349 g/mol. The first kappa shape index (κ1) is 18.2. The van der Waals surface area contributed by atoms with Crippen LogP contribution in [0.3, 0.4) is 0 Å². The Bertz CT molecular complexity index is 580. The van der Waals surface area contributed by atoms with Gasteiger partial charge in [-0.3, -0.25) is 9.67 Å². The summed E-state index contributed by atoms with van der Waals surface area (Å²) in [6.45, 7) is 9.26. The lowest BCUT2D eigenvalue weighted by atomic mass is 10.1. The zero-order valence-corrected chi connectivity index (χ0v) is 15.7. The summed E-state index contributed by atoms with van der Waals surface area (Å²) in [6, 6.07) is 2.12. The molecule has 2 aliphatic heterocycles. The fourth-order valence-electron chi connectivity index (χ4n) is 3.65. The zero-order valence-electron chi connectivity index (χ0n) is 15.7. The predicted octanol–water partition coefficient (Wildman–Crippen LogP) is 1.35. The lowest BCUT2D eigenvalue weighted by Gasteiger charge is -2.37. The maximum atomic E-state index is 5.92. The van der Waals surface area contributed by atoms with Gasteiger partial charge in [0.25, 0.3) is 0 Å².